The van der Waals surface area contributed by atoms with Crippen molar-refractivity contribution in [3.8, 4) is 5.75 Å². The van der Waals surface area contributed by atoms with Crippen molar-refractivity contribution < 1.29 is 4.74 Å². The van der Waals surface area contributed by atoms with Crippen LogP contribution in [0, 0.1) is 0 Å². The van der Waals surface area contributed by atoms with Crippen molar-refractivity contribution in [3.63, 3.8) is 0 Å². The highest BCUT2D eigenvalue weighted by Crippen LogP contribution is 2.44. The molecular formula is C15H14BrClOS. The average Bonchev–Trinajstić information content (AvgIpc) is 3.04. The zero-order chi connectivity index (χ0) is 13.4. The highest BCUT2D eigenvalue weighted by Gasteiger charge is 2.23. The van der Waals surface area contributed by atoms with E-state index in [1.54, 1.807) is 0 Å². The van der Waals surface area contributed by atoms with Crippen LogP contribution in [0.5, 0.6) is 5.75 Å². The monoisotopic (exact) mass is 356 g/mol. The molecule has 4 heteroatoms. The Labute approximate surface area is 130 Å². The molecule has 0 radical (unpaired) electrons. The van der Waals surface area contributed by atoms with E-state index in [-0.39, 0.29) is 4.83 Å². The van der Waals surface area contributed by atoms with Gasteiger partial charge in [-0.3, -0.25) is 0 Å². The van der Waals surface area contributed by atoms with E-state index < -0.39 is 0 Å². The Hall–Kier alpha value is -0.510. The Balaban J connectivity index is 2.02. The van der Waals surface area contributed by atoms with Gasteiger partial charge in [-0.25, -0.2) is 0 Å². The molecule has 0 saturated carbocycles. The number of ether oxygens (including phenoxy) is 1. The lowest BCUT2D eigenvalue weighted by Crippen LogP contribution is -1.95. The van der Waals surface area contributed by atoms with Gasteiger partial charge in [0.1, 0.15) is 5.75 Å². The van der Waals surface area contributed by atoms with Crippen LogP contribution in [-0.4, -0.2) is 6.61 Å². The summed E-state index contributed by atoms with van der Waals surface area (Å²) in [7, 11) is 0. The van der Waals surface area contributed by atoms with Crippen LogP contribution in [0.1, 0.15) is 32.6 Å². The summed E-state index contributed by atoms with van der Waals surface area (Å²) in [5.74, 6) is 1.01. The predicted octanol–water partition coefficient (Wildman–Crippen LogP) is 5.38. The van der Waals surface area contributed by atoms with Gasteiger partial charge in [-0.1, -0.05) is 34.5 Å². The van der Waals surface area contributed by atoms with Gasteiger partial charge < -0.3 is 4.74 Å². The predicted molar refractivity (Wildman–Crippen MR) is 85.1 cm³/mol. The Morgan fingerprint density at radius 1 is 1.42 bits per heavy atom. The van der Waals surface area contributed by atoms with E-state index in [0.717, 1.165) is 35.8 Å². The fraction of sp³-hybridized carbons (Fsp3) is 0.333. The quantitative estimate of drug-likeness (QED) is 0.670. The van der Waals surface area contributed by atoms with Gasteiger partial charge in [0.25, 0.3) is 0 Å². The Morgan fingerprint density at radius 3 is 3.00 bits per heavy atom. The lowest BCUT2D eigenvalue weighted by Gasteiger charge is -2.13. The lowest BCUT2D eigenvalue weighted by atomic mass is 10.0. The SMILES string of the molecule is CCc1ccc(C(Br)c2cc(Cl)cc3c2OCC3)s1. The first kappa shape index (κ1) is 13.5. The van der Waals surface area contributed by atoms with Crippen LogP contribution < -0.4 is 4.74 Å². The number of hydrogen-bond acceptors (Lipinski definition) is 2. The first-order chi connectivity index (χ1) is 9.19. The summed E-state index contributed by atoms with van der Waals surface area (Å²) in [6, 6.07) is 8.40. The number of fused-ring (bicyclic) bond motifs is 1. The molecule has 1 aliphatic rings. The van der Waals surface area contributed by atoms with Gasteiger partial charge >= 0.3 is 0 Å². The van der Waals surface area contributed by atoms with Gasteiger partial charge in [-0.05, 0) is 36.2 Å². The van der Waals surface area contributed by atoms with Crippen LogP contribution in [-0.2, 0) is 12.8 Å². The molecule has 1 atom stereocenters. The second-order valence-electron chi connectivity index (χ2n) is 4.60. The van der Waals surface area contributed by atoms with Crippen LogP contribution in [0.3, 0.4) is 0 Å². The first-order valence-electron chi connectivity index (χ1n) is 6.37. The largest absolute Gasteiger partial charge is 0.493 e. The van der Waals surface area contributed by atoms with Crippen LogP contribution in [0.4, 0.5) is 0 Å². The van der Waals surface area contributed by atoms with Crippen molar-refractivity contribution in [2.24, 2.45) is 0 Å². The summed E-state index contributed by atoms with van der Waals surface area (Å²) in [6.45, 7) is 2.94. The van der Waals surface area contributed by atoms with Crippen molar-refractivity contribution in [1.29, 1.82) is 0 Å². The maximum atomic E-state index is 6.22. The van der Waals surface area contributed by atoms with Crippen molar-refractivity contribution in [2.75, 3.05) is 6.61 Å². The molecule has 1 unspecified atom stereocenters. The summed E-state index contributed by atoms with van der Waals surface area (Å²) in [5.41, 5.74) is 2.36. The molecule has 0 saturated heterocycles. The molecule has 2 aromatic rings. The van der Waals surface area contributed by atoms with Crippen molar-refractivity contribution in [1.82, 2.24) is 0 Å². The molecule has 100 valence electrons. The number of rotatable bonds is 3. The molecule has 0 aliphatic carbocycles. The van der Waals surface area contributed by atoms with E-state index in [0.29, 0.717) is 0 Å². The van der Waals surface area contributed by atoms with Gasteiger partial charge in [0.05, 0.1) is 11.4 Å². The summed E-state index contributed by atoms with van der Waals surface area (Å²) in [6.07, 6.45) is 2.03. The third-order valence-corrected chi connectivity index (χ3v) is 6.13. The average molecular weight is 358 g/mol. The molecule has 19 heavy (non-hydrogen) atoms. The number of hydrogen-bond donors (Lipinski definition) is 0. The molecule has 1 aromatic carbocycles. The molecule has 0 fully saturated rings. The van der Waals surface area contributed by atoms with Gasteiger partial charge in [0.15, 0.2) is 0 Å². The molecule has 0 bridgehead atoms. The van der Waals surface area contributed by atoms with E-state index in [1.807, 2.05) is 23.5 Å². The van der Waals surface area contributed by atoms with E-state index >= 15 is 0 Å². The fourth-order valence-corrected chi connectivity index (χ4v) is 4.33. The van der Waals surface area contributed by atoms with Crippen LogP contribution in [0.25, 0.3) is 0 Å². The molecule has 0 spiro atoms. The lowest BCUT2D eigenvalue weighted by molar-refractivity contribution is 0.354. The molecule has 0 amide bonds. The summed E-state index contributed by atoms with van der Waals surface area (Å²) in [5, 5.41) is 0.788. The van der Waals surface area contributed by atoms with Crippen molar-refractivity contribution in [2.45, 2.75) is 24.6 Å². The summed E-state index contributed by atoms with van der Waals surface area (Å²) < 4.78 is 5.78. The van der Waals surface area contributed by atoms with Gasteiger partial charge in [0, 0.05) is 26.8 Å². The number of thiophene rings is 1. The van der Waals surface area contributed by atoms with E-state index in [4.69, 9.17) is 16.3 Å². The van der Waals surface area contributed by atoms with Gasteiger partial charge in [0.2, 0.25) is 0 Å². The van der Waals surface area contributed by atoms with E-state index in [9.17, 15) is 0 Å². The maximum Gasteiger partial charge on any atom is 0.127 e. The van der Waals surface area contributed by atoms with Crippen molar-refractivity contribution in [3.05, 3.63) is 50.2 Å². The highest BCUT2D eigenvalue weighted by molar-refractivity contribution is 9.09. The third-order valence-electron chi connectivity index (χ3n) is 3.33. The summed E-state index contributed by atoms with van der Waals surface area (Å²) >= 11 is 11.9. The molecule has 0 N–H and O–H groups in total. The molecule has 1 nitrogen and oxygen atoms in total. The minimum Gasteiger partial charge on any atom is -0.493 e. The normalized spacial score (nSPS) is 15.1. The second-order valence-corrected chi connectivity index (χ2v) is 7.15. The van der Waals surface area contributed by atoms with Gasteiger partial charge in [-0.15, -0.1) is 11.3 Å². The van der Waals surface area contributed by atoms with Crippen molar-refractivity contribution >= 4 is 38.9 Å². The van der Waals surface area contributed by atoms with Gasteiger partial charge in [-0.2, -0.15) is 0 Å². The molecule has 1 aliphatic heterocycles. The molecule has 3 rings (SSSR count). The molecular weight excluding hydrogens is 344 g/mol. The van der Waals surface area contributed by atoms with Crippen LogP contribution in [0.15, 0.2) is 24.3 Å². The number of alkyl halides is 1. The Morgan fingerprint density at radius 2 is 2.26 bits per heavy atom. The minimum absolute atomic E-state index is 0.156. The zero-order valence-corrected chi connectivity index (χ0v) is 13.7. The fourth-order valence-electron chi connectivity index (χ4n) is 2.36. The first-order valence-corrected chi connectivity index (χ1v) is 8.48. The van der Waals surface area contributed by atoms with E-state index in [2.05, 4.69) is 35.0 Å². The summed E-state index contributed by atoms with van der Waals surface area (Å²) in [4.78, 5) is 2.86. The maximum absolute atomic E-state index is 6.22. The third kappa shape index (κ3) is 2.56. The number of halogens is 2. The second kappa shape index (κ2) is 5.47. The minimum atomic E-state index is 0.156. The van der Waals surface area contributed by atoms with Crippen LogP contribution in [0.2, 0.25) is 5.02 Å². The van der Waals surface area contributed by atoms with E-state index in [1.165, 1.54) is 15.3 Å². The zero-order valence-electron chi connectivity index (χ0n) is 10.6. The number of benzene rings is 1. The smallest absolute Gasteiger partial charge is 0.127 e. The molecule has 2 heterocycles. The van der Waals surface area contributed by atoms with Crippen LogP contribution >= 0.6 is 38.9 Å². The highest BCUT2D eigenvalue weighted by atomic mass is 79.9. The standard InChI is InChI=1S/C15H14BrClOS/c1-2-11-3-4-13(19-11)14(16)12-8-10(17)7-9-5-6-18-15(9)12/h3-4,7-8,14H,2,5-6H2,1H3. The Kier molecular flexibility index (Phi) is 3.88. The number of aryl methyl sites for hydroxylation is 1. The Bertz CT molecular complexity index is 608. The topological polar surface area (TPSA) is 9.23 Å². The molecule has 1 aromatic heterocycles.